The van der Waals surface area contributed by atoms with E-state index in [-0.39, 0.29) is 5.91 Å². The highest BCUT2D eigenvalue weighted by molar-refractivity contribution is 5.95. The Hall–Kier alpha value is -1.58. The number of hydrogen-bond acceptors (Lipinski definition) is 3. The molecule has 98 valence electrons. The van der Waals surface area contributed by atoms with E-state index in [1.54, 1.807) is 6.07 Å². The average Bonchev–Trinajstić information content (AvgIpc) is 2.36. The van der Waals surface area contributed by atoms with Crippen molar-refractivity contribution < 1.29 is 4.79 Å². The van der Waals surface area contributed by atoms with Gasteiger partial charge in [-0.1, -0.05) is 13.8 Å². The lowest BCUT2D eigenvalue weighted by molar-refractivity contribution is 0.0896. The molecule has 1 aromatic heterocycles. The summed E-state index contributed by atoms with van der Waals surface area (Å²) in [4.78, 5) is 16.5. The molecular formula is C14H21N3O. The Morgan fingerprint density at radius 2 is 2.17 bits per heavy atom. The molecule has 0 spiro atoms. The molecule has 0 aliphatic heterocycles. The summed E-state index contributed by atoms with van der Waals surface area (Å²) in [7, 11) is 1.82. The number of amides is 1. The van der Waals surface area contributed by atoms with Gasteiger partial charge in [-0.3, -0.25) is 4.79 Å². The molecule has 0 radical (unpaired) electrons. The van der Waals surface area contributed by atoms with Crippen molar-refractivity contribution in [1.29, 1.82) is 0 Å². The number of hydrogen-bond donors (Lipinski definition) is 2. The van der Waals surface area contributed by atoms with Crippen molar-refractivity contribution in [3.8, 4) is 0 Å². The summed E-state index contributed by atoms with van der Waals surface area (Å²) in [5, 5.41) is 6.07. The number of nitrogens with one attached hydrogen (secondary N) is 2. The van der Waals surface area contributed by atoms with Crippen LogP contribution in [-0.2, 0) is 6.42 Å². The number of rotatable bonds is 4. The van der Waals surface area contributed by atoms with E-state index in [0.29, 0.717) is 11.6 Å². The van der Waals surface area contributed by atoms with Crippen molar-refractivity contribution in [1.82, 2.24) is 10.3 Å². The van der Waals surface area contributed by atoms with Crippen LogP contribution in [0.3, 0.4) is 0 Å². The summed E-state index contributed by atoms with van der Waals surface area (Å²) in [6.07, 6.45) is 3.02. The molecule has 4 heteroatoms. The van der Waals surface area contributed by atoms with Crippen molar-refractivity contribution in [2.75, 3.05) is 12.4 Å². The van der Waals surface area contributed by atoms with Crippen LogP contribution < -0.4 is 10.6 Å². The summed E-state index contributed by atoms with van der Waals surface area (Å²) >= 11 is 0. The second-order valence-corrected chi connectivity index (χ2v) is 5.08. The highest BCUT2D eigenvalue weighted by atomic mass is 16.1. The van der Waals surface area contributed by atoms with Crippen LogP contribution in [0.25, 0.3) is 0 Å². The fraction of sp³-hybridized carbons (Fsp3) is 0.571. The van der Waals surface area contributed by atoms with Crippen LogP contribution in [0, 0.1) is 5.92 Å². The number of carbonyl (C=O) groups excluding carboxylic acids is 1. The van der Waals surface area contributed by atoms with Crippen molar-refractivity contribution in [3.63, 3.8) is 0 Å². The first kappa shape index (κ1) is 12.9. The fourth-order valence-corrected chi connectivity index (χ4v) is 2.32. The van der Waals surface area contributed by atoms with Crippen LogP contribution >= 0.6 is 0 Å². The minimum absolute atomic E-state index is 0.0144. The Balaban J connectivity index is 2.08. The third-order valence-corrected chi connectivity index (χ3v) is 3.47. The van der Waals surface area contributed by atoms with E-state index in [1.165, 1.54) is 0 Å². The molecule has 0 saturated heterocycles. The molecule has 0 aromatic carbocycles. The van der Waals surface area contributed by atoms with Gasteiger partial charge in [-0.2, -0.15) is 0 Å². The minimum atomic E-state index is 0.0144. The zero-order valence-corrected chi connectivity index (χ0v) is 11.3. The molecule has 1 amide bonds. The molecule has 18 heavy (non-hydrogen) atoms. The van der Waals surface area contributed by atoms with Gasteiger partial charge in [-0.05, 0) is 37.3 Å². The van der Waals surface area contributed by atoms with Gasteiger partial charge in [0.25, 0.3) is 5.91 Å². The Bertz CT molecular complexity index is 416. The Kier molecular flexibility index (Phi) is 3.84. The second-order valence-electron chi connectivity index (χ2n) is 5.08. The summed E-state index contributed by atoms with van der Waals surface area (Å²) < 4.78 is 0. The van der Waals surface area contributed by atoms with Crippen LogP contribution in [-0.4, -0.2) is 24.0 Å². The normalized spacial score (nSPS) is 22.2. The Morgan fingerprint density at radius 3 is 2.72 bits per heavy atom. The molecule has 0 atom stereocenters. The lowest BCUT2D eigenvalue weighted by Crippen LogP contribution is -2.43. The van der Waals surface area contributed by atoms with Gasteiger partial charge in [0.2, 0.25) is 0 Å². The van der Waals surface area contributed by atoms with Gasteiger partial charge in [0, 0.05) is 24.3 Å². The number of carbonyl (C=O) groups is 1. The van der Waals surface area contributed by atoms with E-state index in [1.807, 2.05) is 20.0 Å². The zero-order chi connectivity index (χ0) is 13.1. The van der Waals surface area contributed by atoms with Gasteiger partial charge < -0.3 is 10.6 Å². The smallest absolute Gasteiger partial charge is 0.251 e. The van der Waals surface area contributed by atoms with Crippen molar-refractivity contribution in [2.24, 2.45) is 5.92 Å². The molecule has 0 unspecified atom stereocenters. The first-order valence-electron chi connectivity index (χ1n) is 6.62. The SMILES string of the molecule is CCc1cc(C(=O)NC2CC(C)C2)cc(NC)n1. The lowest BCUT2D eigenvalue weighted by Gasteiger charge is -2.33. The van der Waals surface area contributed by atoms with Crippen LogP contribution in [0.5, 0.6) is 0 Å². The number of pyridine rings is 1. The van der Waals surface area contributed by atoms with E-state index in [4.69, 9.17) is 0 Å². The van der Waals surface area contributed by atoms with E-state index in [9.17, 15) is 4.79 Å². The first-order chi connectivity index (χ1) is 8.62. The zero-order valence-electron chi connectivity index (χ0n) is 11.3. The summed E-state index contributed by atoms with van der Waals surface area (Å²) in [6.45, 7) is 4.25. The van der Waals surface area contributed by atoms with Crippen molar-refractivity contribution >= 4 is 11.7 Å². The third-order valence-electron chi connectivity index (χ3n) is 3.47. The number of aryl methyl sites for hydroxylation is 1. The molecule has 1 saturated carbocycles. The first-order valence-corrected chi connectivity index (χ1v) is 6.62. The van der Waals surface area contributed by atoms with Crippen LogP contribution in [0.2, 0.25) is 0 Å². The molecule has 1 heterocycles. The molecule has 0 bridgehead atoms. The van der Waals surface area contributed by atoms with Gasteiger partial charge >= 0.3 is 0 Å². The van der Waals surface area contributed by atoms with E-state index in [2.05, 4.69) is 22.5 Å². The number of nitrogens with zero attached hydrogens (tertiary/aromatic N) is 1. The monoisotopic (exact) mass is 247 g/mol. The summed E-state index contributed by atoms with van der Waals surface area (Å²) in [5.74, 6) is 1.51. The van der Waals surface area contributed by atoms with Crippen LogP contribution in [0.15, 0.2) is 12.1 Å². The van der Waals surface area contributed by atoms with E-state index >= 15 is 0 Å². The van der Waals surface area contributed by atoms with E-state index in [0.717, 1.165) is 36.7 Å². The quantitative estimate of drug-likeness (QED) is 0.857. The highest BCUT2D eigenvalue weighted by Gasteiger charge is 2.27. The standard InChI is InChI=1S/C14H21N3O/c1-4-11-7-10(8-13(15-3)16-11)14(18)17-12-5-9(2)6-12/h7-9,12H,4-6H2,1-3H3,(H,15,16)(H,17,18). The molecule has 1 aliphatic rings. The molecule has 4 nitrogen and oxygen atoms in total. The van der Waals surface area contributed by atoms with Crippen LogP contribution in [0.1, 0.15) is 42.7 Å². The predicted octanol–water partition coefficient (Wildman–Crippen LogP) is 2.21. The molecule has 1 fully saturated rings. The minimum Gasteiger partial charge on any atom is -0.373 e. The number of anilines is 1. The number of aromatic nitrogens is 1. The van der Waals surface area contributed by atoms with Gasteiger partial charge in [-0.25, -0.2) is 4.98 Å². The average molecular weight is 247 g/mol. The molecular weight excluding hydrogens is 226 g/mol. The van der Waals surface area contributed by atoms with Crippen molar-refractivity contribution in [3.05, 3.63) is 23.4 Å². The Labute approximate surface area is 108 Å². The van der Waals surface area contributed by atoms with Gasteiger partial charge in [-0.15, -0.1) is 0 Å². The maximum Gasteiger partial charge on any atom is 0.251 e. The third kappa shape index (κ3) is 2.81. The lowest BCUT2D eigenvalue weighted by atomic mass is 9.82. The van der Waals surface area contributed by atoms with Gasteiger partial charge in [0.1, 0.15) is 5.82 Å². The van der Waals surface area contributed by atoms with Crippen LogP contribution in [0.4, 0.5) is 5.82 Å². The maximum atomic E-state index is 12.1. The van der Waals surface area contributed by atoms with Gasteiger partial charge in [0.15, 0.2) is 0 Å². The molecule has 2 N–H and O–H groups in total. The maximum absolute atomic E-state index is 12.1. The topological polar surface area (TPSA) is 54.0 Å². The second kappa shape index (κ2) is 5.38. The molecule has 2 rings (SSSR count). The molecule has 1 aromatic rings. The molecule has 1 aliphatic carbocycles. The van der Waals surface area contributed by atoms with Crippen molar-refractivity contribution in [2.45, 2.75) is 39.2 Å². The van der Waals surface area contributed by atoms with Gasteiger partial charge in [0.05, 0.1) is 0 Å². The summed E-state index contributed by atoms with van der Waals surface area (Å²) in [5.41, 5.74) is 1.64. The highest BCUT2D eigenvalue weighted by Crippen LogP contribution is 2.26. The Morgan fingerprint density at radius 1 is 1.44 bits per heavy atom. The van der Waals surface area contributed by atoms with E-state index < -0.39 is 0 Å². The summed E-state index contributed by atoms with van der Waals surface area (Å²) in [6, 6.07) is 4.03. The fourth-order valence-electron chi connectivity index (χ4n) is 2.32. The largest absolute Gasteiger partial charge is 0.373 e. The predicted molar refractivity (Wildman–Crippen MR) is 72.8 cm³/mol.